The average molecular weight is 390 g/mol. The quantitative estimate of drug-likeness (QED) is 0.723. The van der Waals surface area contributed by atoms with Crippen LogP contribution in [0.2, 0.25) is 0 Å². The Morgan fingerprint density at radius 3 is 2.71 bits per heavy atom. The topological polar surface area (TPSA) is 68.0 Å². The number of nitrogens with one attached hydrogen (secondary N) is 1. The van der Waals surface area contributed by atoms with Gasteiger partial charge < -0.3 is 9.73 Å². The van der Waals surface area contributed by atoms with E-state index < -0.39 is 0 Å². The number of amides is 1. The largest absolute Gasteiger partial charge is 0.421 e. The van der Waals surface area contributed by atoms with Crippen molar-refractivity contribution in [3.05, 3.63) is 70.3 Å². The maximum absolute atomic E-state index is 12.9. The Morgan fingerprint density at radius 2 is 1.96 bits per heavy atom. The number of halogens is 2. The molecule has 24 heavy (non-hydrogen) atoms. The molecular formula is C17H13BrFN3O2. The summed E-state index contributed by atoms with van der Waals surface area (Å²) < 4.78 is 19.3. The molecule has 0 spiro atoms. The van der Waals surface area contributed by atoms with E-state index in [9.17, 15) is 9.18 Å². The Labute approximate surface area is 146 Å². The highest BCUT2D eigenvalue weighted by molar-refractivity contribution is 9.10. The number of hydrogen-bond donors (Lipinski definition) is 1. The lowest BCUT2D eigenvalue weighted by atomic mass is 10.2. The van der Waals surface area contributed by atoms with Crippen molar-refractivity contribution in [1.82, 2.24) is 15.5 Å². The summed E-state index contributed by atoms with van der Waals surface area (Å²) in [5.41, 5.74) is 1.22. The van der Waals surface area contributed by atoms with Gasteiger partial charge in [0.15, 0.2) is 0 Å². The minimum atomic E-state index is -0.325. The molecule has 5 nitrogen and oxygen atoms in total. The first-order valence-corrected chi connectivity index (χ1v) is 8.03. The maximum atomic E-state index is 12.9. The zero-order chi connectivity index (χ0) is 16.9. The predicted molar refractivity (Wildman–Crippen MR) is 89.9 cm³/mol. The number of benzene rings is 2. The molecule has 0 aliphatic heterocycles. The summed E-state index contributed by atoms with van der Waals surface area (Å²) in [6.45, 7) is 0.371. The molecule has 0 aliphatic rings. The molecule has 0 saturated heterocycles. The van der Waals surface area contributed by atoms with E-state index in [0.29, 0.717) is 35.9 Å². The van der Waals surface area contributed by atoms with Crippen LogP contribution in [0.1, 0.15) is 16.2 Å². The second-order valence-corrected chi connectivity index (χ2v) is 5.94. The molecular weight excluding hydrogens is 377 g/mol. The van der Waals surface area contributed by atoms with Crippen LogP contribution in [0.15, 0.2) is 57.4 Å². The highest BCUT2D eigenvalue weighted by Crippen LogP contribution is 2.18. The van der Waals surface area contributed by atoms with Crippen LogP contribution >= 0.6 is 15.9 Å². The van der Waals surface area contributed by atoms with Gasteiger partial charge in [-0.05, 0) is 42.5 Å². The van der Waals surface area contributed by atoms with E-state index >= 15 is 0 Å². The van der Waals surface area contributed by atoms with Crippen LogP contribution in [0, 0.1) is 5.82 Å². The monoisotopic (exact) mass is 389 g/mol. The summed E-state index contributed by atoms with van der Waals surface area (Å²) >= 11 is 3.33. The van der Waals surface area contributed by atoms with Crippen molar-refractivity contribution < 1.29 is 13.6 Å². The summed E-state index contributed by atoms with van der Waals surface area (Å²) in [6.07, 6.45) is 0.411. The second-order valence-electron chi connectivity index (χ2n) is 5.02. The molecule has 0 bridgehead atoms. The van der Waals surface area contributed by atoms with Crippen LogP contribution in [0.25, 0.3) is 11.5 Å². The highest BCUT2D eigenvalue weighted by Gasteiger charge is 2.10. The van der Waals surface area contributed by atoms with Gasteiger partial charge in [0.25, 0.3) is 5.91 Å². The first-order chi connectivity index (χ1) is 11.6. The summed E-state index contributed by atoms with van der Waals surface area (Å²) in [6, 6.07) is 12.9. The predicted octanol–water partition coefficient (Wildman–Crippen LogP) is 3.61. The van der Waals surface area contributed by atoms with Crippen LogP contribution < -0.4 is 5.32 Å². The third kappa shape index (κ3) is 4.05. The molecule has 3 rings (SSSR count). The number of carbonyl (C=O) groups excluding carboxylic acids is 1. The van der Waals surface area contributed by atoms with Gasteiger partial charge in [-0.2, -0.15) is 0 Å². The summed E-state index contributed by atoms with van der Waals surface area (Å²) in [5.74, 6) is 0.232. The molecule has 0 unspecified atom stereocenters. The van der Waals surface area contributed by atoms with Gasteiger partial charge in [-0.3, -0.25) is 4.79 Å². The normalized spacial score (nSPS) is 10.6. The van der Waals surface area contributed by atoms with Crippen LogP contribution in [0.3, 0.4) is 0 Å². The van der Waals surface area contributed by atoms with Crippen LogP contribution in [-0.4, -0.2) is 22.6 Å². The molecule has 122 valence electrons. The van der Waals surface area contributed by atoms with Crippen molar-refractivity contribution in [2.24, 2.45) is 0 Å². The van der Waals surface area contributed by atoms with Crippen molar-refractivity contribution in [3.63, 3.8) is 0 Å². The summed E-state index contributed by atoms with van der Waals surface area (Å²) in [5, 5.41) is 10.6. The van der Waals surface area contributed by atoms with Gasteiger partial charge >= 0.3 is 0 Å². The lowest BCUT2D eigenvalue weighted by molar-refractivity contribution is 0.0953. The van der Waals surface area contributed by atoms with E-state index in [0.717, 1.165) is 4.47 Å². The first kappa shape index (κ1) is 16.3. The molecule has 7 heteroatoms. The Hall–Kier alpha value is -2.54. The van der Waals surface area contributed by atoms with E-state index in [2.05, 4.69) is 31.4 Å². The van der Waals surface area contributed by atoms with Crippen molar-refractivity contribution in [2.75, 3.05) is 6.54 Å². The average Bonchev–Trinajstić information content (AvgIpc) is 3.04. The fourth-order valence-electron chi connectivity index (χ4n) is 2.08. The maximum Gasteiger partial charge on any atom is 0.251 e. The molecule has 0 fully saturated rings. The van der Waals surface area contributed by atoms with E-state index in [1.165, 1.54) is 12.1 Å². The number of aromatic nitrogens is 2. The van der Waals surface area contributed by atoms with E-state index in [1.807, 2.05) is 6.07 Å². The molecule has 0 aliphatic carbocycles. The Kier molecular flexibility index (Phi) is 5.00. The number of nitrogens with zero attached hydrogens (tertiary/aromatic N) is 2. The van der Waals surface area contributed by atoms with Gasteiger partial charge in [0.05, 0.1) is 0 Å². The molecule has 1 N–H and O–H groups in total. The van der Waals surface area contributed by atoms with E-state index in [4.69, 9.17) is 4.42 Å². The van der Waals surface area contributed by atoms with Gasteiger partial charge in [-0.25, -0.2) is 4.39 Å². The van der Waals surface area contributed by atoms with Crippen LogP contribution in [0.4, 0.5) is 4.39 Å². The standard InChI is InChI=1S/C17H13BrFN3O2/c18-13-3-1-2-12(10-13)16(23)20-9-8-15-21-22-17(24-15)11-4-6-14(19)7-5-11/h1-7,10H,8-9H2,(H,20,23). The van der Waals surface area contributed by atoms with Crippen LogP contribution in [0.5, 0.6) is 0 Å². The van der Waals surface area contributed by atoms with E-state index in [1.54, 1.807) is 30.3 Å². The Morgan fingerprint density at radius 1 is 1.17 bits per heavy atom. The molecule has 2 aromatic carbocycles. The van der Waals surface area contributed by atoms with Crippen LogP contribution in [-0.2, 0) is 6.42 Å². The fraction of sp³-hybridized carbons (Fsp3) is 0.118. The number of carbonyl (C=O) groups is 1. The Bertz CT molecular complexity index is 849. The van der Waals surface area contributed by atoms with Crippen molar-refractivity contribution in [1.29, 1.82) is 0 Å². The minimum Gasteiger partial charge on any atom is -0.421 e. The molecule has 1 heterocycles. The molecule has 3 aromatic rings. The first-order valence-electron chi connectivity index (χ1n) is 7.24. The zero-order valence-corrected chi connectivity index (χ0v) is 14.1. The fourth-order valence-corrected chi connectivity index (χ4v) is 2.48. The highest BCUT2D eigenvalue weighted by atomic mass is 79.9. The van der Waals surface area contributed by atoms with Gasteiger partial charge in [-0.15, -0.1) is 10.2 Å². The molecule has 0 saturated carbocycles. The third-order valence-corrected chi connectivity index (χ3v) is 3.76. The third-order valence-electron chi connectivity index (χ3n) is 3.27. The smallest absolute Gasteiger partial charge is 0.251 e. The van der Waals surface area contributed by atoms with Gasteiger partial charge in [0.2, 0.25) is 11.8 Å². The Balaban J connectivity index is 1.56. The molecule has 1 aromatic heterocycles. The van der Waals surface area contributed by atoms with Crippen molar-refractivity contribution in [2.45, 2.75) is 6.42 Å². The van der Waals surface area contributed by atoms with E-state index in [-0.39, 0.29) is 11.7 Å². The summed E-state index contributed by atoms with van der Waals surface area (Å²) in [4.78, 5) is 12.0. The van der Waals surface area contributed by atoms with Gasteiger partial charge in [-0.1, -0.05) is 22.0 Å². The minimum absolute atomic E-state index is 0.172. The SMILES string of the molecule is O=C(NCCc1nnc(-c2ccc(F)cc2)o1)c1cccc(Br)c1. The van der Waals surface area contributed by atoms with Crippen molar-refractivity contribution >= 4 is 21.8 Å². The van der Waals surface area contributed by atoms with Gasteiger partial charge in [0.1, 0.15) is 5.82 Å². The zero-order valence-electron chi connectivity index (χ0n) is 12.5. The summed E-state index contributed by atoms with van der Waals surface area (Å²) in [7, 11) is 0. The lowest BCUT2D eigenvalue weighted by Crippen LogP contribution is -2.25. The lowest BCUT2D eigenvalue weighted by Gasteiger charge is -2.03. The molecule has 0 radical (unpaired) electrons. The number of hydrogen-bond acceptors (Lipinski definition) is 4. The van der Waals surface area contributed by atoms with Crippen molar-refractivity contribution in [3.8, 4) is 11.5 Å². The second kappa shape index (κ2) is 7.35. The van der Waals surface area contributed by atoms with Gasteiger partial charge in [0, 0.05) is 28.6 Å². The molecule has 1 amide bonds. The molecule has 0 atom stereocenters. The number of rotatable bonds is 5.